The van der Waals surface area contributed by atoms with E-state index < -0.39 is 6.03 Å². The third-order valence-electron chi connectivity index (χ3n) is 3.66. The molecule has 0 aromatic heterocycles. The Morgan fingerprint density at radius 1 is 0.769 bits per heavy atom. The molecule has 2 amide bonds. The second kappa shape index (κ2) is 7.98. The Balaban J connectivity index is 1.68. The van der Waals surface area contributed by atoms with Gasteiger partial charge in [-0.1, -0.05) is 30.3 Å². The van der Waals surface area contributed by atoms with Gasteiger partial charge < -0.3 is 15.4 Å². The Kier molecular flexibility index (Phi) is 5.29. The molecule has 0 saturated heterocycles. The Morgan fingerprint density at radius 2 is 1.42 bits per heavy atom. The summed E-state index contributed by atoms with van der Waals surface area (Å²) in [6, 6.07) is 22.8. The van der Waals surface area contributed by atoms with Gasteiger partial charge in [0.05, 0.1) is 5.69 Å². The summed E-state index contributed by atoms with van der Waals surface area (Å²) in [6.07, 6.45) is 0. The fourth-order valence-corrected chi connectivity index (χ4v) is 2.35. The van der Waals surface area contributed by atoms with E-state index in [1.165, 1.54) is 6.92 Å². The summed E-state index contributed by atoms with van der Waals surface area (Å²) in [5, 5.41) is 5.51. The minimum Gasteiger partial charge on any atom is -0.455 e. The van der Waals surface area contributed by atoms with E-state index in [9.17, 15) is 9.59 Å². The molecule has 3 rings (SSSR count). The van der Waals surface area contributed by atoms with Gasteiger partial charge in [0.1, 0.15) is 5.75 Å². The summed E-state index contributed by atoms with van der Waals surface area (Å²) in [5.74, 6) is 1.20. The van der Waals surface area contributed by atoms with E-state index in [2.05, 4.69) is 10.6 Å². The number of benzene rings is 3. The molecule has 5 heteroatoms. The number of rotatable bonds is 5. The van der Waals surface area contributed by atoms with Gasteiger partial charge in [0.15, 0.2) is 11.5 Å². The molecule has 0 aliphatic heterocycles. The maximum atomic E-state index is 12.3. The van der Waals surface area contributed by atoms with E-state index in [1.807, 2.05) is 42.5 Å². The smallest absolute Gasteiger partial charge is 0.323 e. The normalized spacial score (nSPS) is 10.0. The van der Waals surface area contributed by atoms with Crippen LogP contribution in [0.1, 0.15) is 17.3 Å². The van der Waals surface area contributed by atoms with Gasteiger partial charge in [0.25, 0.3) is 0 Å². The Labute approximate surface area is 151 Å². The number of para-hydroxylation sites is 3. The first-order chi connectivity index (χ1) is 12.6. The van der Waals surface area contributed by atoms with Gasteiger partial charge in [0, 0.05) is 11.3 Å². The van der Waals surface area contributed by atoms with Gasteiger partial charge in [-0.25, -0.2) is 4.79 Å². The van der Waals surface area contributed by atoms with Crippen LogP contribution < -0.4 is 15.4 Å². The van der Waals surface area contributed by atoms with Crippen molar-refractivity contribution in [3.63, 3.8) is 0 Å². The van der Waals surface area contributed by atoms with Crippen molar-refractivity contribution in [2.75, 3.05) is 10.6 Å². The van der Waals surface area contributed by atoms with Crippen molar-refractivity contribution < 1.29 is 14.3 Å². The topological polar surface area (TPSA) is 67.4 Å². The van der Waals surface area contributed by atoms with Crippen LogP contribution in [0.5, 0.6) is 11.5 Å². The van der Waals surface area contributed by atoms with Crippen LogP contribution >= 0.6 is 0 Å². The van der Waals surface area contributed by atoms with Gasteiger partial charge in [0.2, 0.25) is 0 Å². The zero-order valence-electron chi connectivity index (χ0n) is 14.2. The average Bonchev–Trinajstić information content (AvgIpc) is 2.64. The van der Waals surface area contributed by atoms with E-state index in [-0.39, 0.29) is 5.78 Å². The van der Waals surface area contributed by atoms with E-state index in [4.69, 9.17) is 4.74 Å². The van der Waals surface area contributed by atoms with Crippen LogP contribution in [-0.4, -0.2) is 11.8 Å². The highest BCUT2D eigenvalue weighted by Crippen LogP contribution is 2.29. The van der Waals surface area contributed by atoms with Crippen molar-refractivity contribution in [2.24, 2.45) is 0 Å². The Bertz CT molecular complexity index is 906. The van der Waals surface area contributed by atoms with Crippen LogP contribution in [0.2, 0.25) is 0 Å². The second-order valence-electron chi connectivity index (χ2n) is 5.62. The summed E-state index contributed by atoms with van der Waals surface area (Å²) in [4.78, 5) is 23.6. The molecule has 3 aromatic carbocycles. The number of Topliss-reactive ketones (excluding diaryl/α,β-unsaturated/α-hetero) is 1. The molecular formula is C21H18N2O3. The molecule has 0 saturated carbocycles. The first-order valence-corrected chi connectivity index (χ1v) is 8.13. The molecule has 0 fully saturated rings. The standard InChI is InChI=1S/C21H18N2O3/c1-15(24)16-11-13-17(14-12-16)22-21(25)23-19-9-5-6-10-20(19)26-18-7-3-2-4-8-18/h2-14H,1H3,(H2,22,23,25). The monoisotopic (exact) mass is 346 g/mol. The van der Waals surface area contributed by atoms with Crippen molar-refractivity contribution in [3.05, 3.63) is 84.4 Å². The summed E-state index contributed by atoms with van der Waals surface area (Å²) in [5.41, 5.74) is 1.74. The first kappa shape index (κ1) is 17.2. The van der Waals surface area contributed by atoms with Crippen molar-refractivity contribution in [3.8, 4) is 11.5 Å². The lowest BCUT2D eigenvalue weighted by Gasteiger charge is -2.13. The highest BCUT2D eigenvalue weighted by atomic mass is 16.5. The number of urea groups is 1. The molecule has 0 aliphatic rings. The van der Waals surface area contributed by atoms with Gasteiger partial charge in [-0.05, 0) is 55.5 Å². The van der Waals surface area contributed by atoms with Crippen LogP contribution in [0.25, 0.3) is 0 Å². The number of carbonyl (C=O) groups excluding carboxylic acids is 2. The molecule has 26 heavy (non-hydrogen) atoms. The molecule has 2 N–H and O–H groups in total. The third-order valence-corrected chi connectivity index (χ3v) is 3.66. The van der Waals surface area contributed by atoms with E-state index >= 15 is 0 Å². The van der Waals surface area contributed by atoms with Crippen LogP contribution in [-0.2, 0) is 0 Å². The van der Waals surface area contributed by atoms with Crippen LogP contribution in [0, 0.1) is 0 Å². The van der Waals surface area contributed by atoms with Gasteiger partial charge in [-0.2, -0.15) is 0 Å². The minimum atomic E-state index is -0.398. The summed E-state index contributed by atoms with van der Waals surface area (Å²) in [7, 11) is 0. The Hall–Kier alpha value is -3.60. The molecule has 3 aromatic rings. The summed E-state index contributed by atoms with van der Waals surface area (Å²) in [6.45, 7) is 1.50. The fourth-order valence-electron chi connectivity index (χ4n) is 2.35. The number of nitrogens with one attached hydrogen (secondary N) is 2. The van der Waals surface area contributed by atoms with E-state index in [1.54, 1.807) is 36.4 Å². The van der Waals surface area contributed by atoms with Gasteiger partial charge in [-0.3, -0.25) is 4.79 Å². The molecule has 0 heterocycles. The lowest BCUT2D eigenvalue weighted by molar-refractivity contribution is 0.101. The zero-order valence-corrected chi connectivity index (χ0v) is 14.2. The number of carbonyl (C=O) groups is 2. The summed E-state index contributed by atoms with van der Waals surface area (Å²) >= 11 is 0. The largest absolute Gasteiger partial charge is 0.455 e. The molecule has 130 valence electrons. The molecule has 0 unspecified atom stereocenters. The lowest BCUT2D eigenvalue weighted by atomic mass is 10.1. The first-order valence-electron chi connectivity index (χ1n) is 8.13. The maximum Gasteiger partial charge on any atom is 0.323 e. The van der Waals surface area contributed by atoms with Crippen molar-refractivity contribution in [1.82, 2.24) is 0 Å². The average molecular weight is 346 g/mol. The van der Waals surface area contributed by atoms with Crippen molar-refractivity contribution in [2.45, 2.75) is 6.92 Å². The predicted molar refractivity (Wildman–Crippen MR) is 102 cm³/mol. The van der Waals surface area contributed by atoms with E-state index in [0.29, 0.717) is 28.4 Å². The number of hydrogen-bond acceptors (Lipinski definition) is 3. The summed E-state index contributed by atoms with van der Waals surface area (Å²) < 4.78 is 5.82. The number of ketones is 1. The SMILES string of the molecule is CC(=O)c1ccc(NC(=O)Nc2ccccc2Oc2ccccc2)cc1. The van der Waals surface area contributed by atoms with Gasteiger partial charge >= 0.3 is 6.03 Å². The van der Waals surface area contributed by atoms with Gasteiger partial charge in [-0.15, -0.1) is 0 Å². The predicted octanol–water partition coefficient (Wildman–Crippen LogP) is 5.33. The molecule has 0 aliphatic carbocycles. The fraction of sp³-hybridized carbons (Fsp3) is 0.0476. The van der Waals surface area contributed by atoms with Crippen LogP contribution in [0.3, 0.4) is 0 Å². The molecule has 0 spiro atoms. The third kappa shape index (κ3) is 4.48. The van der Waals surface area contributed by atoms with E-state index in [0.717, 1.165) is 0 Å². The number of anilines is 2. The molecular weight excluding hydrogens is 328 g/mol. The van der Waals surface area contributed by atoms with Crippen LogP contribution in [0.15, 0.2) is 78.9 Å². The quantitative estimate of drug-likeness (QED) is 0.614. The molecule has 0 atom stereocenters. The number of ether oxygens (including phenoxy) is 1. The lowest BCUT2D eigenvalue weighted by Crippen LogP contribution is -2.19. The van der Waals surface area contributed by atoms with Crippen molar-refractivity contribution in [1.29, 1.82) is 0 Å². The van der Waals surface area contributed by atoms with Crippen LogP contribution in [0.4, 0.5) is 16.2 Å². The minimum absolute atomic E-state index is 0.0204. The van der Waals surface area contributed by atoms with Crippen molar-refractivity contribution >= 4 is 23.2 Å². The maximum absolute atomic E-state index is 12.3. The second-order valence-corrected chi connectivity index (χ2v) is 5.62. The molecule has 5 nitrogen and oxygen atoms in total. The number of hydrogen-bond donors (Lipinski definition) is 2. The highest BCUT2D eigenvalue weighted by molar-refractivity contribution is 6.01. The molecule has 0 radical (unpaired) electrons. The Morgan fingerprint density at radius 3 is 2.12 bits per heavy atom. The zero-order chi connectivity index (χ0) is 18.4. The molecule has 0 bridgehead atoms. The number of amides is 2. The highest BCUT2D eigenvalue weighted by Gasteiger charge is 2.09.